The molecule has 1 aliphatic rings. The number of amides is 2. The maximum Gasteiger partial charge on any atom is 0.255 e. The van der Waals surface area contributed by atoms with E-state index in [0.29, 0.717) is 19.5 Å². The first-order chi connectivity index (χ1) is 14.2. The number of carbonyl (C=O) groups is 2. The molecule has 1 saturated heterocycles. The first-order valence-electron chi connectivity index (χ1n) is 9.85. The van der Waals surface area contributed by atoms with Crippen molar-refractivity contribution in [2.24, 2.45) is 0 Å². The number of ether oxygens (including phenoxy) is 1. The van der Waals surface area contributed by atoms with Gasteiger partial charge in [0, 0.05) is 26.2 Å². The number of nitrogens with one attached hydrogen (secondary N) is 1. The van der Waals surface area contributed by atoms with E-state index in [-0.39, 0.29) is 59.3 Å². The number of rotatable bonds is 9. The molecular formula is C19H27Cl2N3O5S. The molecule has 1 aromatic rings. The highest BCUT2D eigenvalue weighted by Gasteiger charge is 2.31. The molecule has 8 nitrogen and oxygen atoms in total. The van der Waals surface area contributed by atoms with E-state index in [1.807, 2.05) is 13.8 Å². The van der Waals surface area contributed by atoms with Crippen LogP contribution in [0.5, 0.6) is 0 Å². The van der Waals surface area contributed by atoms with Gasteiger partial charge in [0.25, 0.3) is 5.91 Å². The van der Waals surface area contributed by atoms with Crippen molar-refractivity contribution in [1.82, 2.24) is 14.5 Å². The SMILES string of the molecule is CCCNC(=O)CN(CCC)C(=O)c1cc(S(=O)(=O)N2CCOCC2)c(Cl)cc1Cl. The summed E-state index contributed by atoms with van der Waals surface area (Å²) >= 11 is 12.4. The zero-order chi connectivity index (χ0) is 22.3. The molecule has 0 radical (unpaired) electrons. The fourth-order valence-corrected chi connectivity index (χ4v) is 5.24. The molecule has 1 fully saturated rings. The number of carbonyl (C=O) groups excluding carboxylic acids is 2. The first-order valence-corrected chi connectivity index (χ1v) is 12.0. The van der Waals surface area contributed by atoms with Crippen LogP contribution in [0, 0.1) is 0 Å². The molecule has 11 heteroatoms. The lowest BCUT2D eigenvalue weighted by Crippen LogP contribution is -2.42. The van der Waals surface area contributed by atoms with E-state index in [2.05, 4.69) is 5.32 Å². The quantitative estimate of drug-likeness (QED) is 0.586. The van der Waals surface area contributed by atoms with Gasteiger partial charge in [0.1, 0.15) is 4.90 Å². The van der Waals surface area contributed by atoms with Gasteiger partial charge in [0.2, 0.25) is 15.9 Å². The zero-order valence-electron chi connectivity index (χ0n) is 17.1. The Morgan fingerprint density at radius 1 is 1.13 bits per heavy atom. The average molecular weight is 480 g/mol. The summed E-state index contributed by atoms with van der Waals surface area (Å²) in [7, 11) is -3.93. The summed E-state index contributed by atoms with van der Waals surface area (Å²) in [4.78, 5) is 26.4. The van der Waals surface area contributed by atoms with Crippen molar-refractivity contribution < 1.29 is 22.7 Å². The molecule has 0 aliphatic carbocycles. The van der Waals surface area contributed by atoms with Gasteiger partial charge in [-0.25, -0.2) is 8.42 Å². The molecule has 0 unspecified atom stereocenters. The summed E-state index contributed by atoms with van der Waals surface area (Å²) in [6.07, 6.45) is 1.40. The van der Waals surface area contributed by atoms with Crippen LogP contribution in [-0.4, -0.2) is 75.4 Å². The van der Waals surface area contributed by atoms with Crippen molar-refractivity contribution in [3.8, 4) is 0 Å². The van der Waals surface area contributed by atoms with Gasteiger partial charge in [-0.05, 0) is 25.0 Å². The molecule has 1 N–H and O–H groups in total. The van der Waals surface area contributed by atoms with Crippen LogP contribution in [0.2, 0.25) is 10.0 Å². The molecule has 0 spiro atoms. The van der Waals surface area contributed by atoms with Crippen LogP contribution in [0.15, 0.2) is 17.0 Å². The van der Waals surface area contributed by atoms with Crippen LogP contribution in [0.4, 0.5) is 0 Å². The monoisotopic (exact) mass is 479 g/mol. The van der Waals surface area contributed by atoms with E-state index in [4.69, 9.17) is 27.9 Å². The highest BCUT2D eigenvalue weighted by Crippen LogP contribution is 2.31. The fraction of sp³-hybridized carbons (Fsp3) is 0.579. The highest BCUT2D eigenvalue weighted by molar-refractivity contribution is 7.89. The van der Waals surface area contributed by atoms with Gasteiger partial charge in [-0.15, -0.1) is 0 Å². The summed E-state index contributed by atoms with van der Waals surface area (Å²) in [6, 6.07) is 2.45. The Morgan fingerprint density at radius 3 is 2.40 bits per heavy atom. The largest absolute Gasteiger partial charge is 0.379 e. The third-order valence-corrected chi connectivity index (χ3v) is 7.20. The number of sulfonamides is 1. The number of morpholine rings is 1. The second-order valence-corrected chi connectivity index (χ2v) is 9.58. The topological polar surface area (TPSA) is 96.0 Å². The first kappa shape index (κ1) is 24.9. The minimum Gasteiger partial charge on any atom is -0.379 e. The minimum atomic E-state index is -3.93. The molecular weight excluding hydrogens is 453 g/mol. The lowest BCUT2D eigenvalue weighted by Gasteiger charge is -2.27. The summed E-state index contributed by atoms with van der Waals surface area (Å²) < 4.78 is 32.6. The highest BCUT2D eigenvalue weighted by atomic mass is 35.5. The number of hydrogen-bond donors (Lipinski definition) is 1. The lowest BCUT2D eigenvalue weighted by molar-refractivity contribution is -0.121. The van der Waals surface area contributed by atoms with Gasteiger partial charge < -0.3 is 15.0 Å². The second kappa shape index (κ2) is 11.3. The molecule has 0 bridgehead atoms. The van der Waals surface area contributed by atoms with Gasteiger partial charge in [0.05, 0.1) is 35.4 Å². The molecule has 0 aromatic heterocycles. The van der Waals surface area contributed by atoms with Gasteiger partial charge in [-0.2, -0.15) is 4.31 Å². The van der Waals surface area contributed by atoms with Crippen LogP contribution >= 0.6 is 23.2 Å². The predicted molar refractivity (Wildman–Crippen MR) is 116 cm³/mol. The predicted octanol–water partition coefficient (Wildman–Crippen LogP) is 2.39. The van der Waals surface area contributed by atoms with Gasteiger partial charge in [-0.1, -0.05) is 37.0 Å². The number of hydrogen-bond acceptors (Lipinski definition) is 5. The van der Waals surface area contributed by atoms with Gasteiger partial charge in [0.15, 0.2) is 0 Å². The molecule has 30 heavy (non-hydrogen) atoms. The standard InChI is InChI=1S/C19H27Cl2N3O5S/c1-3-5-22-18(25)13-23(6-4-2)19(26)14-11-17(16(21)12-15(14)20)30(27,28)24-7-9-29-10-8-24/h11-12H,3-10,13H2,1-2H3,(H,22,25). The van der Waals surface area contributed by atoms with E-state index in [9.17, 15) is 18.0 Å². The van der Waals surface area contributed by atoms with Crippen LogP contribution in [0.3, 0.4) is 0 Å². The van der Waals surface area contributed by atoms with Crippen molar-refractivity contribution >= 4 is 45.0 Å². The molecule has 1 aromatic carbocycles. The van der Waals surface area contributed by atoms with Crippen molar-refractivity contribution in [3.05, 3.63) is 27.7 Å². The Hall–Kier alpha value is -1.39. The number of halogens is 2. The number of nitrogens with zero attached hydrogens (tertiary/aromatic N) is 2. The average Bonchev–Trinajstić information content (AvgIpc) is 2.72. The van der Waals surface area contributed by atoms with Crippen LogP contribution < -0.4 is 5.32 Å². The maximum atomic E-state index is 13.1. The lowest BCUT2D eigenvalue weighted by atomic mass is 10.2. The Kier molecular flexibility index (Phi) is 9.36. The van der Waals surface area contributed by atoms with Crippen LogP contribution in [0.25, 0.3) is 0 Å². The maximum absolute atomic E-state index is 13.1. The number of benzene rings is 1. The van der Waals surface area contributed by atoms with Crippen molar-refractivity contribution in [2.75, 3.05) is 45.9 Å². The molecule has 2 amide bonds. The van der Waals surface area contributed by atoms with Gasteiger partial charge >= 0.3 is 0 Å². The zero-order valence-corrected chi connectivity index (χ0v) is 19.4. The summed E-state index contributed by atoms with van der Waals surface area (Å²) in [6.45, 7) is 5.47. The van der Waals surface area contributed by atoms with E-state index < -0.39 is 15.9 Å². The van der Waals surface area contributed by atoms with Crippen LogP contribution in [0.1, 0.15) is 37.0 Å². The molecule has 1 heterocycles. The Balaban J connectivity index is 2.36. The Morgan fingerprint density at radius 2 is 1.80 bits per heavy atom. The van der Waals surface area contributed by atoms with Crippen LogP contribution in [-0.2, 0) is 19.6 Å². The van der Waals surface area contributed by atoms with Gasteiger partial charge in [-0.3, -0.25) is 9.59 Å². The van der Waals surface area contributed by atoms with E-state index in [1.54, 1.807) is 0 Å². The second-order valence-electron chi connectivity index (χ2n) is 6.86. The summed E-state index contributed by atoms with van der Waals surface area (Å²) in [5, 5.41) is 2.69. The molecule has 1 aliphatic heterocycles. The normalized spacial score (nSPS) is 15.1. The smallest absolute Gasteiger partial charge is 0.255 e. The Labute approximate surface area is 187 Å². The van der Waals surface area contributed by atoms with E-state index >= 15 is 0 Å². The van der Waals surface area contributed by atoms with Crippen molar-refractivity contribution in [3.63, 3.8) is 0 Å². The third-order valence-electron chi connectivity index (χ3n) is 4.53. The molecule has 0 saturated carbocycles. The van der Waals surface area contributed by atoms with E-state index in [1.165, 1.54) is 21.3 Å². The fourth-order valence-electron chi connectivity index (χ4n) is 3.00. The molecule has 168 valence electrons. The van der Waals surface area contributed by atoms with Crippen molar-refractivity contribution in [2.45, 2.75) is 31.6 Å². The third kappa shape index (κ3) is 6.07. The Bertz CT molecular complexity index is 873. The summed E-state index contributed by atoms with van der Waals surface area (Å²) in [5.41, 5.74) is -0.00959. The molecule has 0 atom stereocenters. The van der Waals surface area contributed by atoms with E-state index in [0.717, 1.165) is 6.42 Å². The summed E-state index contributed by atoms with van der Waals surface area (Å²) in [5.74, 6) is -0.812. The van der Waals surface area contributed by atoms with Crippen molar-refractivity contribution in [1.29, 1.82) is 0 Å². The molecule has 2 rings (SSSR count). The minimum absolute atomic E-state index is 0.00959.